The third-order valence-corrected chi connectivity index (χ3v) is 3.90. The Balaban J connectivity index is 1.62. The summed E-state index contributed by atoms with van der Waals surface area (Å²) in [5.41, 5.74) is 5.80. The molecule has 0 spiro atoms. The van der Waals surface area contributed by atoms with Gasteiger partial charge in [0.25, 0.3) is 0 Å². The molecule has 1 unspecified atom stereocenters. The molecule has 15 heavy (non-hydrogen) atoms. The molecule has 1 saturated carbocycles. The number of likely N-dealkylation sites (tertiary alicyclic amines) is 1. The quantitative estimate of drug-likeness (QED) is 0.739. The third kappa shape index (κ3) is 3.16. The number of nitrogens with zero attached hydrogens (tertiary/aromatic N) is 2. The van der Waals surface area contributed by atoms with Crippen molar-refractivity contribution in [1.82, 2.24) is 9.80 Å². The largest absolute Gasteiger partial charge is 0.328 e. The fraction of sp³-hybridized carbons (Fsp3) is 1.00. The topological polar surface area (TPSA) is 32.5 Å². The maximum absolute atomic E-state index is 5.80. The lowest BCUT2D eigenvalue weighted by molar-refractivity contribution is 0.167. The first-order valence-electron chi connectivity index (χ1n) is 6.26. The van der Waals surface area contributed by atoms with Crippen LogP contribution >= 0.6 is 0 Å². The average Bonchev–Trinajstić information content (AvgIpc) is 2.48. The molecule has 1 saturated heterocycles. The highest BCUT2D eigenvalue weighted by Gasteiger charge is 2.28. The van der Waals surface area contributed by atoms with E-state index >= 15 is 0 Å². The highest BCUT2D eigenvalue weighted by atomic mass is 15.1. The molecule has 0 aromatic carbocycles. The minimum absolute atomic E-state index is 0.501. The van der Waals surface area contributed by atoms with Crippen molar-refractivity contribution in [3.63, 3.8) is 0 Å². The van der Waals surface area contributed by atoms with Gasteiger partial charge in [0.1, 0.15) is 0 Å². The van der Waals surface area contributed by atoms with Crippen LogP contribution in [-0.4, -0.2) is 56.1 Å². The monoisotopic (exact) mass is 211 g/mol. The Morgan fingerprint density at radius 2 is 1.93 bits per heavy atom. The van der Waals surface area contributed by atoms with E-state index in [1.165, 1.54) is 45.4 Å². The minimum Gasteiger partial charge on any atom is -0.328 e. The summed E-state index contributed by atoms with van der Waals surface area (Å²) >= 11 is 0. The second-order valence-corrected chi connectivity index (χ2v) is 5.74. The van der Waals surface area contributed by atoms with Gasteiger partial charge in [-0.15, -0.1) is 0 Å². The van der Waals surface area contributed by atoms with Gasteiger partial charge in [0.15, 0.2) is 0 Å². The molecule has 88 valence electrons. The van der Waals surface area contributed by atoms with Gasteiger partial charge in [-0.2, -0.15) is 0 Å². The van der Waals surface area contributed by atoms with Crippen LogP contribution in [0.3, 0.4) is 0 Å². The molecule has 0 bridgehead atoms. The molecule has 3 nitrogen and oxygen atoms in total. The summed E-state index contributed by atoms with van der Waals surface area (Å²) in [4.78, 5) is 4.96. The SMILES string of the molecule is CN1CCC(CN(C)CC2CC(N)C2)C1. The van der Waals surface area contributed by atoms with Crippen LogP contribution in [0.4, 0.5) is 0 Å². The fourth-order valence-corrected chi connectivity index (χ4v) is 3.07. The molecule has 0 amide bonds. The molecule has 1 aliphatic heterocycles. The van der Waals surface area contributed by atoms with Gasteiger partial charge < -0.3 is 15.5 Å². The second kappa shape index (κ2) is 4.81. The van der Waals surface area contributed by atoms with Gasteiger partial charge in [0, 0.05) is 25.7 Å². The molecule has 1 heterocycles. The van der Waals surface area contributed by atoms with Crippen molar-refractivity contribution >= 4 is 0 Å². The molecule has 1 atom stereocenters. The van der Waals surface area contributed by atoms with Crippen molar-refractivity contribution in [3.8, 4) is 0 Å². The number of hydrogen-bond acceptors (Lipinski definition) is 3. The predicted octanol–water partition coefficient (Wildman–Crippen LogP) is 0.607. The van der Waals surface area contributed by atoms with Crippen molar-refractivity contribution in [2.75, 3.05) is 40.3 Å². The smallest absolute Gasteiger partial charge is 0.00450 e. The molecular weight excluding hydrogens is 186 g/mol. The first kappa shape index (κ1) is 11.4. The summed E-state index contributed by atoms with van der Waals surface area (Å²) < 4.78 is 0. The molecule has 3 heteroatoms. The number of nitrogens with two attached hydrogens (primary N) is 1. The Kier molecular flexibility index (Phi) is 3.65. The summed E-state index contributed by atoms with van der Waals surface area (Å²) in [6.45, 7) is 5.10. The lowest BCUT2D eigenvalue weighted by atomic mass is 9.80. The summed E-state index contributed by atoms with van der Waals surface area (Å²) in [6.07, 6.45) is 3.87. The van der Waals surface area contributed by atoms with Gasteiger partial charge in [-0.25, -0.2) is 0 Å². The molecule has 2 N–H and O–H groups in total. The van der Waals surface area contributed by atoms with Crippen LogP contribution in [0.2, 0.25) is 0 Å². The maximum atomic E-state index is 5.80. The minimum atomic E-state index is 0.501. The van der Waals surface area contributed by atoms with Crippen LogP contribution in [0.25, 0.3) is 0 Å². The van der Waals surface area contributed by atoms with Gasteiger partial charge in [-0.05, 0) is 51.7 Å². The Bertz CT molecular complexity index is 201. The molecule has 0 aromatic heterocycles. The number of hydrogen-bond donors (Lipinski definition) is 1. The first-order valence-corrected chi connectivity index (χ1v) is 6.26. The Hall–Kier alpha value is -0.120. The van der Waals surface area contributed by atoms with Crippen LogP contribution in [0.15, 0.2) is 0 Å². The Morgan fingerprint density at radius 3 is 2.47 bits per heavy atom. The molecule has 0 aromatic rings. The van der Waals surface area contributed by atoms with E-state index in [2.05, 4.69) is 23.9 Å². The molecule has 0 radical (unpaired) electrons. The first-order chi connectivity index (χ1) is 7.13. The fourth-order valence-electron chi connectivity index (χ4n) is 3.07. The van der Waals surface area contributed by atoms with Gasteiger partial charge in [0.2, 0.25) is 0 Å². The van der Waals surface area contributed by atoms with Crippen molar-refractivity contribution in [2.45, 2.75) is 25.3 Å². The van der Waals surface area contributed by atoms with E-state index < -0.39 is 0 Å². The lowest BCUT2D eigenvalue weighted by Crippen LogP contribution is -2.42. The Morgan fingerprint density at radius 1 is 1.27 bits per heavy atom. The zero-order chi connectivity index (χ0) is 10.8. The summed E-state index contributed by atoms with van der Waals surface area (Å²) in [6, 6.07) is 0.501. The number of rotatable bonds is 4. The van der Waals surface area contributed by atoms with Crippen molar-refractivity contribution < 1.29 is 0 Å². The van der Waals surface area contributed by atoms with Crippen LogP contribution in [0.5, 0.6) is 0 Å². The van der Waals surface area contributed by atoms with Crippen LogP contribution < -0.4 is 5.73 Å². The summed E-state index contributed by atoms with van der Waals surface area (Å²) in [7, 11) is 4.49. The predicted molar refractivity (Wildman–Crippen MR) is 63.8 cm³/mol. The Labute approximate surface area is 93.6 Å². The van der Waals surface area contributed by atoms with E-state index in [0.29, 0.717) is 6.04 Å². The van der Waals surface area contributed by atoms with Crippen molar-refractivity contribution in [2.24, 2.45) is 17.6 Å². The van der Waals surface area contributed by atoms with Crippen molar-refractivity contribution in [1.29, 1.82) is 0 Å². The zero-order valence-corrected chi connectivity index (χ0v) is 10.2. The van der Waals surface area contributed by atoms with E-state index in [0.717, 1.165) is 11.8 Å². The summed E-state index contributed by atoms with van der Waals surface area (Å²) in [5, 5.41) is 0. The lowest BCUT2D eigenvalue weighted by Gasteiger charge is -2.36. The highest BCUT2D eigenvalue weighted by molar-refractivity contribution is 4.84. The van der Waals surface area contributed by atoms with E-state index in [-0.39, 0.29) is 0 Å². The van der Waals surface area contributed by atoms with Gasteiger partial charge >= 0.3 is 0 Å². The maximum Gasteiger partial charge on any atom is 0.00450 e. The highest BCUT2D eigenvalue weighted by Crippen LogP contribution is 2.26. The summed E-state index contributed by atoms with van der Waals surface area (Å²) in [5.74, 6) is 1.78. The normalized spacial score (nSPS) is 37.2. The van der Waals surface area contributed by atoms with Crippen LogP contribution in [0, 0.1) is 11.8 Å². The van der Waals surface area contributed by atoms with Crippen LogP contribution in [0.1, 0.15) is 19.3 Å². The zero-order valence-electron chi connectivity index (χ0n) is 10.2. The van der Waals surface area contributed by atoms with E-state index in [4.69, 9.17) is 5.73 Å². The second-order valence-electron chi connectivity index (χ2n) is 5.74. The van der Waals surface area contributed by atoms with Gasteiger partial charge in [-0.3, -0.25) is 0 Å². The molecule has 2 aliphatic rings. The molecule has 2 rings (SSSR count). The standard InChI is InChI=1S/C12H25N3/c1-14-4-3-10(7-14)8-15(2)9-11-5-12(13)6-11/h10-12H,3-9,13H2,1-2H3. The molecular formula is C12H25N3. The van der Waals surface area contributed by atoms with Gasteiger partial charge in [0.05, 0.1) is 0 Å². The van der Waals surface area contributed by atoms with E-state index in [1.54, 1.807) is 0 Å². The van der Waals surface area contributed by atoms with E-state index in [1.807, 2.05) is 0 Å². The molecule has 2 fully saturated rings. The van der Waals surface area contributed by atoms with Gasteiger partial charge in [-0.1, -0.05) is 0 Å². The third-order valence-electron chi connectivity index (χ3n) is 3.90. The van der Waals surface area contributed by atoms with Crippen LogP contribution in [-0.2, 0) is 0 Å². The average molecular weight is 211 g/mol. The van der Waals surface area contributed by atoms with Crippen molar-refractivity contribution in [3.05, 3.63) is 0 Å². The van der Waals surface area contributed by atoms with E-state index in [9.17, 15) is 0 Å². The molecule has 1 aliphatic carbocycles.